The average Bonchev–Trinajstić information content (AvgIpc) is 2.54. The number of rotatable bonds is 3. The lowest BCUT2D eigenvalue weighted by atomic mass is 10.0. The number of aryl methyl sites for hydroxylation is 1. The van der Waals surface area contributed by atoms with Gasteiger partial charge in [-0.15, -0.1) is 0 Å². The zero-order valence-electron chi connectivity index (χ0n) is 13.0. The average molecular weight is 315 g/mol. The molecule has 0 aromatic heterocycles. The quantitative estimate of drug-likeness (QED) is 0.860. The minimum absolute atomic E-state index is 0.369. The molecule has 22 heavy (non-hydrogen) atoms. The van der Waals surface area contributed by atoms with Crippen molar-refractivity contribution in [2.24, 2.45) is 0 Å². The number of para-hydroxylation sites is 1. The van der Waals surface area contributed by atoms with Gasteiger partial charge in [-0.3, -0.25) is 4.31 Å². The molecule has 0 saturated heterocycles. The number of benzene rings is 2. The standard InChI is InChI=1S/C18H21NO2S/c1-14(2)15-9-11-17(12-10-15)22(20,21)19-13-5-7-16-6-3-4-8-18(16)19/h3-4,6,8-12,14H,5,7,13H2,1-2H3. The lowest BCUT2D eigenvalue weighted by Gasteiger charge is -2.30. The third-order valence-electron chi connectivity index (χ3n) is 4.20. The van der Waals surface area contributed by atoms with Crippen LogP contribution in [0.2, 0.25) is 0 Å². The van der Waals surface area contributed by atoms with Crippen molar-refractivity contribution in [1.29, 1.82) is 0 Å². The molecular weight excluding hydrogens is 294 g/mol. The Balaban J connectivity index is 2.00. The summed E-state index contributed by atoms with van der Waals surface area (Å²) in [4.78, 5) is 0.369. The van der Waals surface area contributed by atoms with Crippen LogP contribution < -0.4 is 4.31 Å². The van der Waals surface area contributed by atoms with Crippen LogP contribution in [0.5, 0.6) is 0 Å². The predicted octanol–water partition coefficient (Wildman–Crippen LogP) is 3.95. The molecule has 0 saturated carbocycles. The SMILES string of the molecule is CC(C)c1ccc(S(=O)(=O)N2CCCc3ccccc32)cc1. The molecule has 0 radical (unpaired) electrons. The van der Waals surface area contributed by atoms with Crippen LogP contribution in [0.25, 0.3) is 0 Å². The van der Waals surface area contributed by atoms with Crippen LogP contribution in [-0.2, 0) is 16.4 Å². The van der Waals surface area contributed by atoms with E-state index < -0.39 is 10.0 Å². The molecule has 4 heteroatoms. The van der Waals surface area contributed by atoms with Gasteiger partial charge >= 0.3 is 0 Å². The van der Waals surface area contributed by atoms with Gasteiger partial charge in [-0.25, -0.2) is 8.42 Å². The molecule has 0 amide bonds. The van der Waals surface area contributed by atoms with E-state index in [1.54, 1.807) is 16.4 Å². The summed E-state index contributed by atoms with van der Waals surface area (Å²) in [6, 6.07) is 15.0. The minimum Gasteiger partial charge on any atom is -0.266 e. The van der Waals surface area contributed by atoms with E-state index in [0.29, 0.717) is 17.4 Å². The van der Waals surface area contributed by atoms with Crippen LogP contribution in [0.3, 0.4) is 0 Å². The van der Waals surface area contributed by atoms with Crippen LogP contribution in [0, 0.1) is 0 Å². The van der Waals surface area contributed by atoms with Gasteiger partial charge in [0.25, 0.3) is 10.0 Å². The summed E-state index contributed by atoms with van der Waals surface area (Å²) < 4.78 is 27.5. The Bertz CT molecular complexity index is 764. The van der Waals surface area contributed by atoms with Crippen molar-refractivity contribution in [3.63, 3.8) is 0 Å². The molecule has 0 spiro atoms. The van der Waals surface area contributed by atoms with Crippen LogP contribution in [0.15, 0.2) is 53.4 Å². The Labute approximate surface area is 132 Å². The molecule has 3 rings (SSSR count). The summed E-state index contributed by atoms with van der Waals surface area (Å²) in [5, 5.41) is 0. The van der Waals surface area contributed by atoms with E-state index in [1.807, 2.05) is 36.4 Å². The minimum atomic E-state index is -3.48. The second-order valence-electron chi connectivity index (χ2n) is 6.03. The molecular formula is C18H21NO2S. The molecule has 116 valence electrons. The van der Waals surface area contributed by atoms with E-state index in [4.69, 9.17) is 0 Å². The van der Waals surface area contributed by atoms with Gasteiger partial charge in [0.2, 0.25) is 0 Å². The summed E-state index contributed by atoms with van der Waals surface area (Å²) >= 11 is 0. The summed E-state index contributed by atoms with van der Waals surface area (Å²) in [5.41, 5.74) is 3.08. The van der Waals surface area contributed by atoms with Gasteiger partial charge in [0.05, 0.1) is 10.6 Å². The van der Waals surface area contributed by atoms with Crippen molar-refractivity contribution in [1.82, 2.24) is 0 Å². The topological polar surface area (TPSA) is 37.4 Å². The number of nitrogens with zero attached hydrogens (tertiary/aromatic N) is 1. The molecule has 0 fully saturated rings. The van der Waals surface area contributed by atoms with E-state index >= 15 is 0 Å². The van der Waals surface area contributed by atoms with Crippen LogP contribution >= 0.6 is 0 Å². The van der Waals surface area contributed by atoms with Gasteiger partial charge in [-0.05, 0) is 48.1 Å². The molecule has 0 aliphatic carbocycles. The predicted molar refractivity (Wildman–Crippen MR) is 89.8 cm³/mol. The third-order valence-corrected chi connectivity index (χ3v) is 6.03. The number of sulfonamides is 1. The zero-order valence-corrected chi connectivity index (χ0v) is 13.8. The van der Waals surface area contributed by atoms with Gasteiger partial charge in [0, 0.05) is 6.54 Å². The molecule has 1 heterocycles. The van der Waals surface area contributed by atoms with Gasteiger partial charge in [-0.1, -0.05) is 44.2 Å². The molecule has 0 unspecified atom stereocenters. The maximum absolute atomic E-state index is 13.0. The first-order chi connectivity index (χ1) is 10.5. The monoisotopic (exact) mass is 315 g/mol. The third kappa shape index (κ3) is 2.63. The van der Waals surface area contributed by atoms with Crippen LogP contribution in [0.1, 0.15) is 37.3 Å². The van der Waals surface area contributed by atoms with Crippen LogP contribution in [-0.4, -0.2) is 15.0 Å². The fourth-order valence-electron chi connectivity index (χ4n) is 2.90. The lowest BCUT2D eigenvalue weighted by molar-refractivity contribution is 0.586. The number of hydrogen-bond acceptors (Lipinski definition) is 2. The molecule has 0 bridgehead atoms. The van der Waals surface area contributed by atoms with Crippen molar-refractivity contribution in [3.8, 4) is 0 Å². The van der Waals surface area contributed by atoms with E-state index in [0.717, 1.165) is 29.7 Å². The normalized spacial score (nSPS) is 15.0. The maximum Gasteiger partial charge on any atom is 0.264 e. The van der Waals surface area contributed by atoms with Crippen molar-refractivity contribution in [2.45, 2.75) is 37.5 Å². The molecule has 0 N–H and O–H groups in total. The first-order valence-electron chi connectivity index (χ1n) is 7.71. The Kier molecular flexibility index (Phi) is 3.96. The summed E-state index contributed by atoms with van der Waals surface area (Å²) in [6.45, 7) is 4.75. The van der Waals surface area contributed by atoms with Crippen molar-refractivity contribution >= 4 is 15.7 Å². The zero-order chi connectivity index (χ0) is 15.7. The number of fused-ring (bicyclic) bond motifs is 1. The largest absolute Gasteiger partial charge is 0.266 e. The van der Waals surface area contributed by atoms with Crippen molar-refractivity contribution in [3.05, 3.63) is 59.7 Å². The Morgan fingerprint density at radius 1 is 1.00 bits per heavy atom. The number of hydrogen-bond donors (Lipinski definition) is 0. The van der Waals surface area contributed by atoms with Gasteiger partial charge < -0.3 is 0 Å². The van der Waals surface area contributed by atoms with Gasteiger partial charge in [0.1, 0.15) is 0 Å². The van der Waals surface area contributed by atoms with Crippen LogP contribution in [0.4, 0.5) is 5.69 Å². The fourth-order valence-corrected chi connectivity index (χ4v) is 4.44. The molecule has 3 nitrogen and oxygen atoms in total. The second kappa shape index (κ2) is 5.76. The number of anilines is 1. The first-order valence-corrected chi connectivity index (χ1v) is 9.15. The van der Waals surface area contributed by atoms with Crippen molar-refractivity contribution < 1.29 is 8.42 Å². The summed E-state index contributed by atoms with van der Waals surface area (Å²) in [5.74, 6) is 0.396. The van der Waals surface area contributed by atoms with E-state index in [9.17, 15) is 8.42 Å². The highest BCUT2D eigenvalue weighted by molar-refractivity contribution is 7.92. The Morgan fingerprint density at radius 2 is 1.68 bits per heavy atom. The van der Waals surface area contributed by atoms with Gasteiger partial charge in [-0.2, -0.15) is 0 Å². The molecule has 2 aromatic carbocycles. The summed E-state index contributed by atoms with van der Waals surface area (Å²) in [6.07, 6.45) is 1.80. The summed E-state index contributed by atoms with van der Waals surface area (Å²) in [7, 11) is -3.48. The Morgan fingerprint density at radius 3 is 2.36 bits per heavy atom. The van der Waals surface area contributed by atoms with E-state index in [1.165, 1.54) is 0 Å². The van der Waals surface area contributed by atoms with E-state index in [2.05, 4.69) is 13.8 Å². The lowest BCUT2D eigenvalue weighted by Crippen LogP contribution is -2.35. The van der Waals surface area contributed by atoms with Gasteiger partial charge in [0.15, 0.2) is 0 Å². The highest BCUT2D eigenvalue weighted by atomic mass is 32.2. The molecule has 0 atom stereocenters. The molecule has 1 aliphatic heterocycles. The van der Waals surface area contributed by atoms with E-state index in [-0.39, 0.29) is 0 Å². The highest BCUT2D eigenvalue weighted by Gasteiger charge is 2.28. The second-order valence-corrected chi connectivity index (χ2v) is 7.90. The first kappa shape index (κ1) is 15.1. The Hall–Kier alpha value is -1.81. The molecule has 1 aliphatic rings. The van der Waals surface area contributed by atoms with Crippen molar-refractivity contribution in [2.75, 3.05) is 10.8 Å². The maximum atomic E-state index is 13.0. The smallest absolute Gasteiger partial charge is 0.264 e. The highest BCUT2D eigenvalue weighted by Crippen LogP contribution is 2.32. The molecule has 2 aromatic rings. The fraction of sp³-hybridized carbons (Fsp3) is 0.333.